The third-order valence-corrected chi connectivity index (χ3v) is 6.69. The fraction of sp³-hybridized carbons (Fsp3) is 0.476. The standard InChI is InChI=1S/C21H24Cl2N6O3/c1-20(2)7-13-8-21(3,9-20)10-28(13)18-16(29(31)32)17(24-11-25-18)26-27-19(30)14-5-4-12(22)6-15(14)23/h4-6,11,13H,7-10H2,1-3H3,(H,27,30)(H,24,25,26). The zero-order chi connectivity index (χ0) is 23.3. The highest BCUT2D eigenvalue weighted by atomic mass is 35.5. The van der Waals surface area contributed by atoms with Gasteiger partial charge in [-0.3, -0.25) is 25.8 Å². The second-order valence-corrected chi connectivity index (χ2v) is 10.5. The van der Waals surface area contributed by atoms with Crippen LogP contribution in [-0.2, 0) is 0 Å². The lowest BCUT2D eigenvalue weighted by molar-refractivity contribution is -0.383. The number of rotatable bonds is 5. The van der Waals surface area contributed by atoms with Gasteiger partial charge in [-0.05, 0) is 48.3 Å². The number of nitro groups is 1. The molecule has 0 spiro atoms. The second kappa shape index (κ2) is 8.04. The fourth-order valence-electron chi connectivity index (χ4n) is 5.40. The average Bonchev–Trinajstić information content (AvgIpc) is 2.94. The molecule has 1 saturated heterocycles. The number of amides is 1. The molecule has 1 aromatic carbocycles. The van der Waals surface area contributed by atoms with Gasteiger partial charge in [0.1, 0.15) is 6.33 Å². The van der Waals surface area contributed by atoms with Gasteiger partial charge in [0, 0.05) is 17.6 Å². The van der Waals surface area contributed by atoms with Gasteiger partial charge in [-0.25, -0.2) is 9.97 Å². The van der Waals surface area contributed by atoms with Crippen molar-refractivity contribution in [3.63, 3.8) is 0 Å². The van der Waals surface area contributed by atoms with Crippen LogP contribution in [-0.4, -0.2) is 33.4 Å². The van der Waals surface area contributed by atoms with Gasteiger partial charge in [-0.2, -0.15) is 0 Å². The van der Waals surface area contributed by atoms with Gasteiger partial charge in [0.25, 0.3) is 5.91 Å². The fourth-order valence-corrected chi connectivity index (χ4v) is 5.90. The topological polar surface area (TPSA) is 113 Å². The van der Waals surface area contributed by atoms with Gasteiger partial charge in [0.2, 0.25) is 11.6 Å². The van der Waals surface area contributed by atoms with Crippen LogP contribution in [0.25, 0.3) is 0 Å². The van der Waals surface area contributed by atoms with Gasteiger partial charge in [-0.15, -0.1) is 0 Å². The Hall–Kier alpha value is -2.65. The zero-order valence-corrected chi connectivity index (χ0v) is 19.5. The first-order valence-electron chi connectivity index (χ1n) is 10.3. The number of nitrogens with one attached hydrogen (secondary N) is 2. The van der Waals surface area contributed by atoms with Crippen LogP contribution in [0.4, 0.5) is 17.3 Å². The number of fused-ring (bicyclic) bond motifs is 2. The molecule has 11 heteroatoms. The Balaban J connectivity index is 1.61. The summed E-state index contributed by atoms with van der Waals surface area (Å²) in [5, 5.41) is 12.6. The number of carbonyl (C=O) groups excluding carboxylic acids is 1. The first-order chi connectivity index (χ1) is 15.0. The molecule has 4 rings (SSSR count). The minimum atomic E-state index is -0.576. The van der Waals surface area contributed by atoms with E-state index >= 15 is 0 Å². The van der Waals surface area contributed by atoms with Crippen LogP contribution in [0.1, 0.15) is 50.4 Å². The van der Waals surface area contributed by atoms with Gasteiger partial charge >= 0.3 is 5.69 Å². The molecule has 2 aromatic rings. The van der Waals surface area contributed by atoms with Crippen molar-refractivity contribution >= 4 is 46.4 Å². The largest absolute Gasteiger partial charge is 0.355 e. The monoisotopic (exact) mass is 478 g/mol. The SMILES string of the molecule is CC1(C)CC2CC(C)(CN2c2ncnc(NNC(=O)c3ccc(Cl)cc3Cl)c2[N+](=O)[O-])C1. The lowest BCUT2D eigenvalue weighted by Gasteiger charge is -2.39. The Morgan fingerprint density at radius 3 is 2.69 bits per heavy atom. The van der Waals surface area contributed by atoms with Crippen molar-refractivity contribution in [3.8, 4) is 0 Å². The molecule has 1 saturated carbocycles. The molecule has 1 amide bonds. The van der Waals surface area contributed by atoms with E-state index in [-0.39, 0.29) is 44.8 Å². The molecule has 2 fully saturated rings. The maximum atomic E-state index is 12.5. The van der Waals surface area contributed by atoms with Crippen molar-refractivity contribution in [1.29, 1.82) is 0 Å². The molecule has 1 aromatic heterocycles. The molecule has 2 bridgehead atoms. The number of hydrogen-bond donors (Lipinski definition) is 2. The summed E-state index contributed by atoms with van der Waals surface area (Å²) in [6.07, 6.45) is 4.21. The average molecular weight is 479 g/mol. The number of anilines is 2. The summed E-state index contributed by atoms with van der Waals surface area (Å²) in [6.45, 7) is 7.38. The van der Waals surface area contributed by atoms with Crippen LogP contribution in [0.15, 0.2) is 24.5 Å². The highest BCUT2D eigenvalue weighted by molar-refractivity contribution is 6.36. The quantitative estimate of drug-likeness (QED) is 0.465. The molecular formula is C21H24Cl2N6O3. The molecular weight excluding hydrogens is 455 g/mol. The number of hydrazine groups is 1. The highest BCUT2D eigenvalue weighted by Gasteiger charge is 2.51. The van der Waals surface area contributed by atoms with E-state index in [4.69, 9.17) is 23.2 Å². The molecule has 2 aliphatic rings. The maximum absolute atomic E-state index is 12.5. The van der Waals surface area contributed by atoms with Crippen LogP contribution >= 0.6 is 23.2 Å². The van der Waals surface area contributed by atoms with Crippen LogP contribution in [0, 0.1) is 20.9 Å². The first-order valence-corrected chi connectivity index (χ1v) is 11.0. The third kappa shape index (κ3) is 4.31. The number of hydrogen-bond acceptors (Lipinski definition) is 7. The van der Waals surface area contributed by atoms with Crippen molar-refractivity contribution in [3.05, 3.63) is 50.2 Å². The molecule has 1 aliphatic carbocycles. The van der Waals surface area contributed by atoms with E-state index in [0.29, 0.717) is 11.6 Å². The highest BCUT2D eigenvalue weighted by Crippen LogP contribution is 2.54. The van der Waals surface area contributed by atoms with E-state index < -0.39 is 10.8 Å². The summed E-state index contributed by atoms with van der Waals surface area (Å²) in [7, 11) is 0. The van der Waals surface area contributed by atoms with Gasteiger partial charge in [0.05, 0.1) is 15.5 Å². The molecule has 0 radical (unpaired) electrons. The molecule has 2 N–H and O–H groups in total. The molecule has 9 nitrogen and oxygen atoms in total. The smallest absolute Gasteiger partial charge is 0.347 e. The lowest BCUT2D eigenvalue weighted by atomic mass is 9.65. The van der Waals surface area contributed by atoms with Gasteiger partial charge in [0.15, 0.2) is 0 Å². The van der Waals surface area contributed by atoms with Gasteiger partial charge in [-0.1, -0.05) is 44.0 Å². The number of halogens is 2. The Morgan fingerprint density at radius 1 is 1.25 bits per heavy atom. The maximum Gasteiger partial charge on any atom is 0.355 e. The van der Waals surface area contributed by atoms with Crippen molar-refractivity contribution in [2.24, 2.45) is 10.8 Å². The molecule has 32 heavy (non-hydrogen) atoms. The predicted molar refractivity (Wildman–Crippen MR) is 123 cm³/mol. The van der Waals surface area contributed by atoms with Gasteiger partial charge < -0.3 is 4.90 Å². The van der Waals surface area contributed by atoms with E-state index in [0.717, 1.165) is 19.3 Å². The lowest BCUT2D eigenvalue weighted by Crippen LogP contribution is -2.35. The van der Waals surface area contributed by atoms with E-state index in [1.165, 1.54) is 24.5 Å². The van der Waals surface area contributed by atoms with Crippen molar-refractivity contribution in [2.75, 3.05) is 16.9 Å². The van der Waals surface area contributed by atoms with Crippen LogP contribution in [0.3, 0.4) is 0 Å². The summed E-state index contributed by atoms with van der Waals surface area (Å²) in [4.78, 5) is 34.3. The van der Waals surface area contributed by atoms with Crippen molar-refractivity contribution in [1.82, 2.24) is 15.4 Å². The Morgan fingerprint density at radius 2 is 2.00 bits per heavy atom. The minimum Gasteiger partial charge on any atom is -0.347 e. The first kappa shape index (κ1) is 22.5. The van der Waals surface area contributed by atoms with Crippen molar-refractivity contribution in [2.45, 2.75) is 46.1 Å². The third-order valence-electron chi connectivity index (χ3n) is 6.14. The Bertz CT molecular complexity index is 1100. The predicted octanol–water partition coefficient (Wildman–Crippen LogP) is 4.85. The van der Waals surface area contributed by atoms with Crippen LogP contribution in [0.5, 0.6) is 0 Å². The minimum absolute atomic E-state index is 0.0678. The number of benzene rings is 1. The number of nitrogens with zero attached hydrogens (tertiary/aromatic N) is 4. The number of carbonyl (C=O) groups is 1. The van der Waals surface area contributed by atoms with Crippen LogP contribution in [0.2, 0.25) is 10.0 Å². The number of aromatic nitrogens is 2. The van der Waals surface area contributed by atoms with E-state index in [1.54, 1.807) is 0 Å². The molecule has 2 heterocycles. The Labute approximate surface area is 195 Å². The summed E-state index contributed by atoms with van der Waals surface area (Å²) in [6, 6.07) is 4.60. The second-order valence-electron chi connectivity index (χ2n) is 9.70. The summed E-state index contributed by atoms with van der Waals surface area (Å²) >= 11 is 11.9. The molecule has 2 unspecified atom stereocenters. The summed E-state index contributed by atoms with van der Waals surface area (Å²) < 4.78 is 0. The molecule has 170 valence electrons. The summed E-state index contributed by atoms with van der Waals surface area (Å²) in [5.74, 6) is -0.408. The van der Waals surface area contributed by atoms with E-state index in [9.17, 15) is 14.9 Å². The zero-order valence-electron chi connectivity index (χ0n) is 18.0. The molecule has 2 atom stereocenters. The molecule has 1 aliphatic heterocycles. The van der Waals surface area contributed by atoms with Crippen molar-refractivity contribution < 1.29 is 9.72 Å². The van der Waals surface area contributed by atoms with Crippen LogP contribution < -0.4 is 15.8 Å². The summed E-state index contributed by atoms with van der Waals surface area (Å²) in [5.41, 5.74) is 5.12. The normalized spacial score (nSPS) is 23.7. The Kier molecular flexibility index (Phi) is 5.67. The van der Waals surface area contributed by atoms with E-state index in [1.807, 2.05) is 4.90 Å². The van der Waals surface area contributed by atoms with E-state index in [2.05, 4.69) is 41.6 Å².